The van der Waals surface area contributed by atoms with Gasteiger partial charge < -0.3 is 18.8 Å². The quantitative estimate of drug-likeness (QED) is 0.0527. The van der Waals surface area contributed by atoms with Crippen molar-refractivity contribution >= 4 is 31.7 Å². The summed E-state index contributed by atoms with van der Waals surface area (Å²) >= 11 is 0. The molecule has 2 amide bonds. The fraction of sp³-hybridized carbons (Fsp3) is 0.656. The number of alkyl carbamates (subject to hydrolysis) is 2. The van der Waals surface area contributed by atoms with E-state index in [1.165, 1.54) is 5.30 Å². The van der Waals surface area contributed by atoms with Crippen molar-refractivity contribution in [2.24, 2.45) is 4.99 Å². The predicted molar refractivity (Wildman–Crippen MR) is 176 cm³/mol. The Labute approximate surface area is 265 Å². The molecule has 0 aliphatic carbocycles. The van der Waals surface area contributed by atoms with Gasteiger partial charge in [-0.15, -0.1) is 0 Å². The monoisotopic (exact) mass is 630 g/mol. The van der Waals surface area contributed by atoms with Crippen molar-refractivity contribution in [1.29, 1.82) is 5.26 Å². The second-order valence-corrected chi connectivity index (χ2v) is 12.5. The fourth-order valence-corrected chi connectivity index (χ4v) is 6.72. The molecule has 1 rings (SSSR count). The highest BCUT2D eigenvalue weighted by Crippen LogP contribution is 2.46. The smallest absolute Gasteiger partial charge is 0.414 e. The zero-order chi connectivity index (χ0) is 32.6. The lowest BCUT2D eigenvalue weighted by molar-refractivity contribution is 0.152. The Hall–Kier alpha value is -3.24. The molecule has 1 aromatic rings. The minimum absolute atomic E-state index is 0.0412. The van der Waals surface area contributed by atoms with E-state index in [-0.39, 0.29) is 38.2 Å². The predicted octanol–water partition coefficient (Wildman–Crippen LogP) is 6.91. The lowest BCUT2D eigenvalue weighted by Gasteiger charge is -2.39. The first kappa shape index (κ1) is 38.8. The van der Waals surface area contributed by atoms with Gasteiger partial charge in [-0.2, -0.15) is 5.26 Å². The van der Waals surface area contributed by atoms with E-state index in [4.69, 9.17) is 25.8 Å². The van der Waals surface area contributed by atoms with Crippen LogP contribution in [-0.2, 0) is 14.0 Å². The summed E-state index contributed by atoms with van der Waals surface area (Å²) in [6.07, 6.45) is 6.80. The molecule has 0 heterocycles. The maximum atomic E-state index is 11.9. The summed E-state index contributed by atoms with van der Waals surface area (Å²) in [5.41, 5.74) is 0. The van der Waals surface area contributed by atoms with Crippen LogP contribution in [0.1, 0.15) is 92.4 Å². The van der Waals surface area contributed by atoms with E-state index in [2.05, 4.69) is 90.1 Å². The van der Waals surface area contributed by atoms with Crippen molar-refractivity contribution < 1.29 is 23.6 Å². The van der Waals surface area contributed by atoms with Crippen LogP contribution in [0.25, 0.3) is 4.85 Å². The molecule has 1 aromatic carbocycles. The first-order chi connectivity index (χ1) is 21.2. The number of carbonyl (C=O) groups excluding carboxylic acids is 2. The number of hydrogen-bond donors (Lipinski definition) is 2. The van der Waals surface area contributed by atoms with Gasteiger partial charge in [-0.25, -0.2) is 16.2 Å². The SMILES string of the molecule is [C-]#[N+]CCOC(=O)NC(=NCCCCCCCCC(CC)OP(c1ccccc1)N(C(C)C)C(C)C)NC(=O)OCCC#N. The van der Waals surface area contributed by atoms with Crippen LogP contribution in [0.3, 0.4) is 0 Å². The molecule has 244 valence electrons. The molecule has 11 nitrogen and oxygen atoms in total. The minimum atomic E-state index is -0.875. The molecule has 2 unspecified atom stereocenters. The van der Waals surface area contributed by atoms with Gasteiger partial charge in [0.2, 0.25) is 12.5 Å². The molecular weight excluding hydrogens is 579 g/mol. The van der Waals surface area contributed by atoms with Crippen LogP contribution >= 0.6 is 8.30 Å². The number of amides is 2. The molecule has 12 heteroatoms. The van der Waals surface area contributed by atoms with E-state index in [9.17, 15) is 9.59 Å². The van der Waals surface area contributed by atoms with Gasteiger partial charge in [0.15, 0.2) is 6.61 Å². The highest BCUT2D eigenvalue weighted by Gasteiger charge is 2.29. The summed E-state index contributed by atoms with van der Waals surface area (Å²) in [4.78, 5) is 31.3. The van der Waals surface area contributed by atoms with Crippen LogP contribution in [0.4, 0.5) is 9.59 Å². The standard InChI is InChI=1S/C32H51N6O5P/c1-7-28(43-44(29-19-14-12-15-20-29)38(26(2)3)27(4)5)18-13-10-8-9-11-16-22-35-30(36-31(39)41-24-17-21-33)37-32(40)42-25-23-34-6/h12,14-15,19-20,26-28H,7-11,13,16-18,22-25H2,1-5H3,(H2,35,36,37,39,40). The number of hydrogen-bond acceptors (Lipinski definition) is 8. The number of benzene rings is 1. The Kier molecular flexibility index (Phi) is 21.3. The molecule has 0 aliphatic heterocycles. The third kappa shape index (κ3) is 17.2. The highest BCUT2D eigenvalue weighted by atomic mass is 31.2. The number of aliphatic imine (C=N–C) groups is 1. The van der Waals surface area contributed by atoms with Gasteiger partial charge in [0, 0.05) is 23.9 Å². The Bertz CT molecular complexity index is 1010. The zero-order valence-electron chi connectivity index (χ0n) is 27.1. The number of nitrogens with one attached hydrogen (secondary N) is 2. The topological polar surface area (TPSA) is 130 Å². The highest BCUT2D eigenvalue weighted by molar-refractivity contribution is 7.58. The molecule has 0 saturated carbocycles. The van der Waals surface area contributed by atoms with E-state index in [1.54, 1.807) is 0 Å². The molecule has 2 N–H and O–H groups in total. The summed E-state index contributed by atoms with van der Waals surface area (Å²) in [7, 11) is -0.875. The lowest BCUT2D eigenvalue weighted by Crippen LogP contribution is -2.44. The molecule has 0 aromatic heterocycles. The maximum Gasteiger partial charge on any atom is 0.414 e. The van der Waals surface area contributed by atoms with Crippen molar-refractivity contribution in [3.63, 3.8) is 0 Å². The van der Waals surface area contributed by atoms with Crippen molar-refractivity contribution in [2.45, 2.75) is 111 Å². The fourth-order valence-electron chi connectivity index (χ4n) is 4.42. The van der Waals surface area contributed by atoms with Crippen molar-refractivity contribution in [3.8, 4) is 6.07 Å². The maximum absolute atomic E-state index is 11.9. The first-order valence-electron chi connectivity index (χ1n) is 15.7. The molecule has 0 fully saturated rings. The number of rotatable bonds is 20. The molecule has 0 radical (unpaired) electrons. The van der Waals surface area contributed by atoms with Gasteiger partial charge in [-0.1, -0.05) is 69.4 Å². The van der Waals surface area contributed by atoms with Crippen LogP contribution in [0, 0.1) is 17.9 Å². The normalized spacial score (nSPS) is 12.8. The number of guanidine groups is 1. The summed E-state index contributed by atoms with van der Waals surface area (Å²) in [5, 5.41) is 14.6. The van der Waals surface area contributed by atoms with Crippen LogP contribution in [0.5, 0.6) is 0 Å². The Morgan fingerprint density at radius 1 is 0.977 bits per heavy atom. The van der Waals surface area contributed by atoms with Crippen LogP contribution in [0.15, 0.2) is 35.3 Å². The third-order valence-corrected chi connectivity index (χ3v) is 9.06. The average Bonchev–Trinajstić information content (AvgIpc) is 2.99. The van der Waals surface area contributed by atoms with Crippen LogP contribution < -0.4 is 15.9 Å². The molecule has 0 aliphatic rings. The number of carbonyl (C=O) groups is 2. The van der Waals surface area contributed by atoms with Gasteiger partial charge in [-0.3, -0.25) is 20.3 Å². The van der Waals surface area contributed by atoms with Crippen LogP contribution in [-0.4, -0.2) is 67.3 Å². The number of nitriles is 1. The molecule has 0 saturated heterocycles. The average molecular weight is 631 g/mol. The molecule has 0 bridgehead atoms. The largest absolute Gasteiger partial charge is 0.448 e. The lowest BCUT2D eigenvalue weighted by atomic mass is 10.1. The third-order valence-electron chi connectivity index (χ3n) is 6.48. The second-order valence-electron chi connectivity index (χ2n) is 10.8. The minimum Gasteiger partial charge on any atom is -0.448 e. The summed E-state index contributed by atoms with van der Waals surface area (Å²) in [6, 6.07) is 13.3. The van der Waals surface area contributed by atoms with Gasteiger partial charge in [0.1, 0.15) is 14.9 Å². The Morgan fingerprint density at radius 2 is 1.57 bits per heavy atom. The molecular formula is C32H51N6O5P. The molecule has 0 spiro atoms. The van der Waals surface area contributed by atoms with E-state index in [0.717, 1.165) is 51.4 Å². The van der Waals surface area contributed by atoms with Crippen molar-refractivity contribution in [1.82, 2.24) is 15.3 Å². The van der Waals surface area contributed by atoms with Gasteiger partial charge >= 0.3 is 12.2 Å². The van der Waals surface area contributed by atoms with E-state index >= 15 is 0 Å². The Morgan fingerprint density at radius 3 is 2.14 bits per heavy atom. The number of nitrogens with zero attached hydrogens (tertiary/aromatic N) is 4. The van der Waals surface area contributed by atoms with E-state index in [1.807, 2.05) is 6.07 Å². The zero-order valence-corrected chi connectivity index (χ0v) is 28.0. The molecule has 2 atom stereocenters. The van der Waals surface area contributed by atoms with Gasteiger partial charge in [0.25, 0.3) is 0 Å². The van der Waals surface area contributed by atoms with Gasteiger partial charge in [0.05, 0.1) is 18.6 Å². The van der Waals surface area contributed by atoms with E-state index < -0.39 is 20.5 Å². The molecule has 44 heavy (non-hydrogen) atoms. The van der Waals surface area contributed by atoms with Crippen LogP contribution in [0.2, 0.25) is 0 Å². The van der Waals surface area contributed by atoms with E-state index in [0.29, 0.717) is 18.6 Å². The van der Waals surface area contributed by atoms with Crippen molar-refractivity contribution in [3.05, 3.63) is 41.7 Å². The Balaban J connectivity index is 2.50. The summed E-state index contributed by atoms with van der Waals surface area (Å²) in [5.74, 6) is -0.0886. The summed E-state index contributed by atoms with van der Waals surface area (Å²) < 4.78 is 19.1. The first-order valence-corrected chi connectivity index (χ1v) is 16.9. The second kappa shape index (κ2) is 24.1. The summed E-state index contributed by atoms with van der Waals surface area (Å²) in [6.45, 7) is 18.2. The number of unbranched alkanes of at least 4 members (excludes halogenated alkanes) is 5. The van der Waals surface area contributed by atoms with Crippen molar-refractivity contribution in [2.75, 3.05) is 26.3 Å². The van der Waals surface area contributed by atoms with Gasteiger partial charge in [-0.05, 0) is 47.0 Å². The number of ether oxygens (including phenoxy) is 2.